The second-order valence-corrected chi connectivity index (χ2v) is 18.4. The molecule has 0 atom stereocenters. The van der Waals surface area contributed by atoms with Crippen molar-refractivity contribution in [2.75, 3.05) is 0 Å². The van der Waals surface area contributed by atoms with Gasteiger partial charge in [-0.2, -0.15) is 57.9 Å². The van der Waals surface area contributed by atoms with Crippen molar-refractivity contribution >= 4 is 87.2 Å². The Morgan fingerprint density at radius 3 is 0.750 bits per heavy atom. The van der Waals surface area contributed by atoms with Crippen molar-refractivity contribution in [2.24, 2.45) is 0 Å². The molecule has 9 aromatic carbocycles. The first-order valence-electron chi connectivity index (χ1n) is 23.3. The Hall–Kier alpha value is -9.17. The Bertz CT molecular complexity index is 4130. The van der Waals surface area contributed by atoms with Gasteiger partial charge >= 0.3 is 24.7 Å². The molecule has 17 heteroatoms. The summed E-state index contributed by atoms with van der Waals surface area (Å²) in [5.74, 6) is 0. The van der Waals surface area contributed by atoms with E-state index < -0.39 is 47.0 Å². The minimum Gasteiger partial charge on any atom is -0.307 e. The molecule has 0 saturated carbocycles. The van der Waals surface area contributed by atoms with Gasteiger partial charge in [0.2, 0.25) is 0 Å². The molecule has 4 heterocycles. The van der Waals surface area contributed by atoms with Gasteiger partial charge in [-0.3, -0.25) is 0 Å². The molecule has 0 amide bonds. The molecular formula is C59H29F12N5. The topological polar surface area (TPSA) is 43.5 Å². The molecule has 13 rings (SSSR count). The number of nitriles is 1. The Labute approximate surface area is 419 Å². The lowest BCUT2D eigenvalue weighted by Crippen LogP contribution is -2.14. The van der Waals surface area contributed by atoms with Crippen LogP contribution in [0.2, 0.25) is 0 Å². The fraction of sp³-hybridized carbons (Fsp3) is 0.0678. The highest BCUT2D eigenvalue weighted by Crippen LogP contribution is 2.49. The molecule has 0 spiro atoms. The normalized spacial score (nSPS) is 13.0. The van der Waals surface area contributed by atoms with E-state index in [2.05, 4.69) is 6.07 Å². The van der Waals surface area contributed by atoms with E-state index in [1.807, 2.05) is 57.7 Å². The number of nitrogens with zero attached hydrogens (tertiary/aromatic N) is 5. The van der Waals surface area contributed by atoms with Crippen molar-refractivity contribution in [3.05, 3.63) is 204 Å². The summed E-state index contributed by atoms with van der Waals surface area (Å²) in [5, 5.41) is 14.0. The largest absolute Gasteiger partial charge is 0.416 e. The van der Waals surface area contributed by atoms with Crippen LogP contribution in [0, 0.1) is 11.3 Å². The zero-order chi connectivity index (χ0) is 53.0. The number of halogens is 12. The van der Waals surface area contributed by atoms with Crippen LogP contribution >= 0.6 is 0 Å². The standard InChI is InChI=1S/C59H29F12N5/c60-56(61,62)31-17-21-48-39(25-31)40-26-32(57(63,64)65)18-22-49(40)75(48)54-43(30-72)55(76-50-23-19-33(58(66,67)68)27-41(50)42-28-34(59(69,70)71)20-24-51(42)76)53(74-46-15-7-3-11-37(46)38-12-4-8-16-47(38)74)29-52(54)73-44-13-5-1-9-35(44)36-10-2-6-14-45(36)73/h1-29H. The summed E-state index contributed by atoms with van der Waals surface area (Å²) in [6.07, 6.45) is -19.8. The number of rotatable bonds is 4. The molecular weight excluding hydrogens is 1010 g/mol. The maximum Gasteiger partial charge on any atom is 0.416 e. The van der Waals surface area contributed by atoms with E-state index in [4.69, 9.17) is 0 Å². The van der Waals surface area contributed by atoms with E-state index in [-0.39, 0.29) is 71.9 Å². The number of hydrogen-bond donors (Lipinski definition) is 0. The smallest absolute Gasteiger partial charge is 0.307 e. The SMILES string of the molecule is N#Cc1c(-n2c3ccc(C(F)(F)F)cc3c3cc(C(F)(F)F)ccc32)c(-n2c3ccccc3c3ccccc32)cc(-n2c3ccccc3c3ccccc32)c1-n1c2ccc(C(F)(F)F)cc2c2cc(C(F)(F)F)ccc21. The zero-order valence-corrected chi connectivity index (χ0v) is 38.5. The first kappa shape index (κ1) is 46.6. The third kappa shape index (κ3) is 6.82. The van der Waals surface area contributed by atoms with E-state index in [1.54, 1.807) is 54.6 Å². The van der Waals surface area contributed by atoms with E-state index >= 15 is 0 Å². The summed E-state index contributed by atoms with van der Waals surface area (Å²) in [5.41, 5.74) is -2.89. The van der Waals surface area contributed by atoms with Crippen molar-refractivity contribution in [1.29, 1.82) is 5.26 Å². The molecule has 0 fully saturated rings. The lowest BCUT2D eigenvalue weighted by Gasteiger charge is -2.25. The van der Waals surface area contributed by atoms with Crippen LogP contribution in [-0.4, -0.2) is 18.3 Å². The summed E-state index contributed by atoms with van der Waals surface area (Å²) in [7, 11) is 0. The van der Waals surface area contributed by atoms with Crippen LogP contribution in [-0.2, 0) is 24.7 Å². The molecule has 374 valence electrons. The molecule has 0 N–H and O–H groups in total. The Morgan fingerprint density at radius 2 is 0.513 bits per heavy atom. The average molecular weight is 1040 g/mol. The third-order valence-electron chi connectivity index (χ3n) is 14.3. The molecule has 13 aromatic rings. The summed E-state index contributed by atoms with van der Waals surface area (Å²) < 4.78 is 182. The van der Waals surface area contributed by atoms with Crippen molar-refractivity contribution in [2.45, 2.75) is 24.7 Å². The maximum atomic E-state index is 14.7. The highest BCUT2D eigenvalue weighted by Gasteiger charge is 2.38. The predicted molar refractivity (Wildman–Crippen MR) is 269 cm³/mol. The number of para-hydroxylation sites is 4. The van der Waals surface area contributed by atoms with Crippen LogP contribution in [0.15, 0.2) is 176 Å². The van der Waals surface area contributed by atoms with Gasteiger partial charge in [0.25, 0.3) is 0 Å². The summed E-state index contributed by atoms with van der Waals surface area (Å²) in [6, 6.07) is 43.4. The lowest BCUT2D eigenvalue weighted by molar-refractivity contribution is -0.138. The van der Waals surface area contributed by atoms with Gasteiger partial charge in [-0.25, -0.2) is 0 Å². The molecule has 4 aromatic heterocycles. The Balaban J connectivity index is 1.32. The molecule has 0 radical (unpaired) electrons. The van der Waals surface area contributed by atoms with Gasteiger partial charge in [-0.1, -0.05) is 72.8 Å². The Kier molecular flexibility index (Phi) is 9.76. The first-order valence-corrected chi connectivity index (χ1v) is 23.3. The van der Waals surface area contributed by atoms with Crippen LogP contribution < -0.4 is 0 Å². The van der Waals surface area contributed by atoms with Crippen molar-refractivity contribution < 1.29 is 52.7 Å². The van der Waals surface area contributed by atoms with Crippen molar-refractivity contribution in [3.63, 3.8) is 0 Å². The molecule has 0 bridgehead atoms. The monoisotopic (exact) mass is 1040 g/mol. The molecule has 0 aliphatic heterocycles. The number of hydrogen-bond acceptors (Lipinski definition) is 1. The first-order chi connectivity index (χ1) is 36.2. The van der Waals surface area contributed by atoms with Crippen molar-refractivity contribution in [1.82, 2.24) is 18.3 Å². The fourth-order valence-electron chi connectivity index (χ4n) is 11.1. The summed E-state index contributed by atoms with van der Waals surface area (Å²) >= 11 is 0. The van der Waals surface area contributed by atoms with Crippen molar-refractivity contribution in [3.8, 4) is 28.8 Å². The number of fused-ring (bicyclic) bond motifs is 12. The van der Waals surface area contributed by atoms with Gasteiger partial charge < -0.3 is 18.3 Å². The lowest BCUT2D eigenvalue weighted by atomic mass is 10.0. The average Bonchev–Trinajstić information content (AvgIpc) is 4.27. The van der Waals surface area contributed by atoms with Gasteiger partial charge in [0.15, 0.2) is 0 Å². The molecule has 0 unspecified atom stereocenters. The van der Waals surface area contributed by atoms with Crippen LogP contribution in [0.4, 0.5) is 52.7 Å². The van der Waals surface area contributed by atoms with Crippen LogP contribution in [0.5, 0.6) is 0 Å². The van der Waals surface area contributed by atoms with Gasteiger partial charge in [0, 0.05) is 43.1 Å². The second-order valence-electron chi connectivity index (χ2n) is 18.4. The van der Waals surface area contributed by atoms with Crippen LogP contribution in [0.25, 0.3) is 110 Å². The molecule has 0 aliphatic carbocycles. The number of alkyl halides is 12. The Morgan fingerprint density at radius 1 is 0.276 bits per heavy atom. The zero-order valence-electron chi connectivity index (χ0n) is 38.5. The van der Waals surface area contributed by atoms with Gasteiger partial charge in [0.05, 0.1) is 89.1 Å². The molecule has 0 aliphatic rings. The highest BCUT2D eigenvalue weighted by molar-refractivity contribution is 6.15. The quantitative estimate of drug-likeness (QED) is 0.162. The minimum atomic E-state index is -4.96. The minimum absolute atomic E-state index is 0.0664. The van der Waals surface area contributed by atoms with Gasteiger partial charge in [0.1, 0.15) is 11.6 Å². The predicted octanol–water partition coefficient (Wildman–Crippen LogP) is 18.0. The second kappa shape index (κ2) is 15.9. The van der Waals surface area contributed by atoms with E-state index in [0.29, 0.717) is 22.1 Å². The molecule has 5 nitrogen and oxygen atoms in total. The molecule has 76 heavy (non-hydrogen) atoms. The van der Waals surface area contributed by atoms with Gasteiger partial charge in [-0.15, -0.1) is 0 Å². The maximum absolute atomic E-state index is 14.7. The third-order valence-corrected chi connectivity index (χ3v) is 14.3. The number of benzene rings is 9. The fourth-order valence-corrected chi connectivity index (χ4v) is 11.1. The van der Waals surface area contributed by atoms with Crippen LogP contribution in [0.3, 0.4) is 0 Å². The molecule has 0 saturated heterocycles. The van der Waals surface area contributed by atoms with E-state index in [1.165, 1.54) is 9.13 Å². The van der Waals surface area contributed by atoms with E-state index in [9.17, 15) is 57.9 Å². The summed E-state index contributed by atoms with van der Waals surface area (Å²) in [4.78, 5) is 0. The highest BCUT2D eigenvalue weighted by atomic mass is 19.4. The van der Waals surface area contributed by atoms with Crippen LogP contribution in [0.1, 0.15) is 27.8 Å². The number of aromatic nitrogens is 4. The van der Waals surface area contributed by atoms with Gasteiger partial charge in [-0.05, 0) is 103 Å². The van der Waals surface area contributed by atoms with E-state index in [0.717, 1.165) is 94.3 Å². The summed E-state index contributed by atoms with van der Waals surface area (Å²) in [6.45, 7) is 0.